The van der Waals surface area contributed by atoms with Crippen LogP contribution in [0, 0.1) is 83.1 Å². The Morgan fingerprint density at radius 3 is 1.20 bits per heavy atom. The lowest BCUT2D eigenvalue weighted by molar-refractivity contribution is 0.919. The van der Waals surface area contributed by atoms with Crippen LogP contribution in [0.3, 0.4) is 0 Å². The van der Waals surface area contributed by atoms with E-state index in [1.165, 1.54) is 88.3 Å². The van der Waals surface area contributed by atoms with Gasteiger partial charge in [0.15, 0.2) is 11.7 Å². The first-order valence-corrected chi connectivity index (χ1v) is 15.8. The van der Waals surface area contributed by atoms with Crippen molar-refractivity contribution in [2.75, 3.05) is 0 Å². The molecule has 6 nitrogen and oxygen atoms in total. The zero-order chi connectivity index (χ0) is 31.4. The van der Waals surface area contributed by atoms with Gasteiger partial charge < -0.3 is 8.96 Å². The molecular weight excluding hydrogens is 539 g/mol. The number of amidine groups is 2. The Morgan fingerprint density at radius 1 is 0.364 bits per heavy atom. The summed E-state index contributed by atoms with van der Waals surface area (Å²) in [7, 11) is 0. The van der Waals surface area contributed by atoms with Gasteiger partial charge in [-0.05, 0) is 157 Å². The van der Waals surface area contributed by atoms with Gasteiger partial charge in [-0.25, -0.2) is 20.0 Å². The number of benzene rings is 3. The summed E-state index contributed by atoms with van der Waals surface area (Å²) in [4.78, 5) is 21.9. The molecule has 5 aromatic rings. The maximum absolute atomic E-state index is 5.60. The Labute approximate surface area is 259 Å². The summed E-state index contributed by atoms with van der Waals surface area (Å²) in [5, 5.41) is 4.76. The summed E-state index contributed by atoms with van der Waals surface area (Å²) in [6, 6.07) is 0. The summed E-state index contributed by atoms with van der Waals surface area (Å²) in [5.41, 5.74) is 19.5. The van der Waals surface area contributed by atoms with Gasteiger partial charge in [0.05, 0.1) is 0 Å². The van der Waals surface area contributed by atoms with E-state index in [0.29, 0.717) is 0 Å². The van der Waals surface area contributed by atoms with Crippen LogP contribution in [0.4, 0.5) is 11.6 Å². The molecule has 0 radical (unpaired) electrons. The normalized spacial score (nSPS) is 14.6. The standard InChI is InChI=1S/C37H39BN6/c1-14-15(2)21(8)27-26(20(14)7)32-39-33(27)41-35-29-23(10)17(4)19(6)25(12)31(29)37-42-36-30-24(11)18(5)16(3)22(9)28(30)34(40-32)43(36)38(13)44(35)37/h1-13H3. The van der Waals surface area contributed by atoms with Crippen molar-refractivity contribution in [1.29, 1.82) is 0 Å². The molecule has 0 atom stereocenters. The number of aliphatic imine (C=N–C) groups is 2. The predicted octanol–water partition coefficient (Wildman–Crippen LogP) is 7.55. The van der Waals surface area contributed by atoms with Gasteiger partial charge >= 0.3 is 6.98 Å². The van der Waals surface area contributed by atoms with Gasteiger partial charge in [0, 0.05) is 32.7 Å². The molecule has 44 heavy (non-hydrogen) atoms. The molecule has 0 spiro atoms. The van der Waals surface area contributed by atoms with Gasteiger partial charge in [-0.15, -0.1) is 0 Å². The van der Waals surface area contributed by atoms with Crippen LogP contribution in [0.25, 0.3) is 21.5 Å². The van der Waals surface area contributed by atoms with E-state index in [-0.39, 0.29) is 6.98 Å². The smallest absolute Gasteiger partial charge is 0.333 e. The summed E-state index contributed by atoms with van der Waals surface area (Å²) in [6.45, 7) is 29.0. The summed E-state index contributed by atoms with van der Waals surface area (Å²) < 4.78 is 4.71. The fourth-order valence-corrected chi connectivity index (χ4v) is 8.23. The van der Waals surface area contributed by atoms with E-state index in [4.69, 9.17) is 20.0 Å². The Bertz CT molecular complexity index is 2460. The fourth-order valence-electron chi connectivity index (χ4n) is 8.23. The van der Waals surface area contributed by atoms with Gasteiger partial charge in [0.2, 0.25) is 0 Å². The van der Waals surface area contributed by atoms with E-state index in [9.17, 15) is 0 Å². The minimum absolute atomic E-state index is 0.0823. The highest BCUT2D eigenvalue weighted by Gasteiger charge is 2.37. The van der Waals surface area contributed by atoms with E-state index in [2.05, 4.69) is 98.9 Å². The molecule has 2 aromatic heterocycles. The third-order valence-corrected chi connectivity index (χ3v) is 11.9. The van der Waals surface area contributed by atoms with Crippen LogP contribution < -0.4 is 11.0 Å². The molecule has 0 saturated carbocycles. The lowest BCUT2D eigenvalue weighted by atomic mass is 9.78. The van der Waals surface area contributed by atoms with E-state index < -0.39 is 0 Å². The molecular formula is C37H39BN6. The van der Waals surface area contributed by atoms with Crippen LogP contribution in [0.15, 0.2) is 20.0 Å². The molecule has 0 aliphatic carbocycles. The summed E-state index contributed by atoms with van der Waals surface area (Å²) in [5.74, 6) is 3.43. The van der Waals surface area contributed by atoms with Crippen molar-refractivity contribution in [3.05, 3.63) is 88.9 Å². The highest BCUT2D eigenvalue weighted by molar-refractivity contribution is 6.56. The minimum Gasteiger partial charge on any atom is -0.333 e. The van der Waals surface area contributed by atoms with Gasteiger partial charge in [0.25, 0.3) is 0 Å². The second-order valence-corrected chi connectivity index (χ2v) is 13.5. The maximum atomic E-state index is 5.60. The Balaban J connectivity index is 1.74. The average molecular weight is 579 g/mol. The van der Waals surface area contributed by atoms with Crippen LogP contribution in [-0.2, 0) is 0 Å². The van der Waals surface area contributed by atoms with Gasteiger partial charge in [0.1, 0.15) is 22.6 Å². The molecule has 4 bridgehead atoms. The summed E-state index contributed by atoms with van der Waals surface area (Å²) >= 11 is 0. The first-order valence-electron chi connectivity index (χ1n) is 15.8. The van der Waals surface area contributed by atoms with Crippen LogP contribution in [0.2, 0.25) is 6.82 Å². The van der Waals surface area contributed by atoms with E-state index in [1.54, 1.807) is 0 Å². The molecule has 0 saturated heterocycles. The molecule has 5 heterocycles. The first kappa shape index (κ1) is 27.3. The lowest BCUT2D eigenvalue weighted by Crippen LogP contribution is -2.46. The largest absolute Gasteiger partial charge is 0.386 e. The molecule has 8 rings (SSSR count). The van der Waals surface area contributed by atoms with Crippen molar-refractivity contribution >= 4 is 51.8 Å². The number of aryl methyl sites for hydroxylation is 4. The second-order valence-electron chi connectivity index (χ2n) is 13.5. The van der Waals surface area contributed by atoms with Crippen LogP contribution in [0.1, 0.15) is 77.9 Å². The van der Waals surface area contributed by atoms with Crippen LogP contribution >= 0.6 is 0 Å². The molecule has 0 amide bonds. The van der Waals surface area contributed by atoms with Crippen LogP contribution in [0.5, 0.6) is 0 Å². The fraction of sp³-hybridized carbons (Fsp3) is 0.351. The van der Waals surface area contributed by atoms with Gasteiger partial charge in [-0.1, -0.05) is 0 Å². The second kappa shape index (κ2) is 8.47. The number of nitrogens with zero attached hydrogens (tertiary/aromatic N) is 6. The SMILES string of the molecule is CB1n2c3c4c(C)c(C)c(C)c(C)c4c2N=c2c4c(C)c(C)c(C)c(C)c4c(n21)=NC1=NC(=N3)c2c(C)c(C)c(C)c(C)c21. The Morgan fingerprint density at radius 2 is 0.727 bits per heavy atom. The number of hydrogen-bond donors (Lipinski definition) is 0. The summed E-state index contributed by atoms with van der Waals surface area (Å²) in [6.07, 6.45) is 0. The van der Waals surface area contributed by atoms with Crippen molar-refractivity contribution in [2.45, 2.75) is 89.9 Å². The van der Waals surface area contributed by atoms with Crippen LogP contribution in [-0.4, -0.2) is 27.6 Å². The quantitative estimate of drug-likeness (QED) is 0.171. The topological polar surface area (TPSA) is 59.3 Å². The maximum Gasteiger partial charge on any atom is 0.386 e. The molecule has 0 N–H and O–H groups in total. The highest BCUT2D eigenvalue weighted by Crippen LogP contribution is 2.46. The predicted molar refractivity (Wildman–Crippen MR) is 184 cm³/mol. The molecule has 3 aromatic carbocycles. The zero-order valence-corrected chi connectivity index (χ0v) is 28.3. The number of hydrogen-bond acceptors (Lipinski definition) is 4. The van der Waals surface area contributed by atoms with Crippen molar-refractivity contribution in [3.63, 3.8) is 0 Å². The van der Waals surface area contributed by atoms with E-state index >= 15 is 0 Å². The monoisotopic (exact) mass is 578 g/mol. The minimum atomic E-state index is -0.0823. The third kappa shape index (κ3) is 2.94. The van der Waals surface area contributed by atoms with Gasteiger partial charge in [-0.3, -0.25) is 0 Å². The van der Waals surface area contributed by atoms with E-state index in [1.807, 2.05) is 0 Å². The van der Waals surface area contributed by atoms with Crippen molar-refractivity contribution in [1.82, 2.24) is 8.96 Å². The molecule has 3 aliphatic rings. The van der Waals surface area contributed by atoms with Crippen molar-refractivity contribution in [2.24, 2.45) is 20.0 Å². The number of rotatable bonds is 0. The molecule has 0 unspecified atom stereocenters. The molecule has 3 aliphatic heterocycles. The lowest BCUT2D eigenvalue weighted by Gasteiger charge is -2.20. The van der Waals surface area contributed by atoms with Gasteiger partial charge in [-0.2, -0.15) is 0 Å². The Hall–Kier alpha value is -4.26. The molecule has 220 valence electrons. The van der Waals surface area contributed by atoms with E-state index in [0.717, 1.165) is 45.4 Å². The highest BCUT2D eigenvalue weighted by atomic mass is 15.2. The van der Waals surface area contributed by atoms with Crippen molar-refractivity contribution in [3.8, 4) is 0 Å². The Kier molecular flexibility index (Phi) is 5.25. The van der Waals surface area contributed by atoms with Crippen molar-refractivity contribution < 1.29 is 0 Å². The molecule has 7 heteroatoms. The third-order valence-electron chi connectivity index (χ3n) is 11.9. The molecule has 0 fully saturated rings. The first-order chi connectivity index (χ1) is 20.8. The number of aromatic nitrogens is 2. The number of fused-ring (bicyclic) bond motifs is 10. The zero-order valence-electron chi connectivity index (χ0n) is 28.3. The average Bonchev–Trinajstić information content (AvgIpc) is 3.63.